The van der Waals surface area contributed by atoms with Crippen LogP contribution in [0.5, 0.6) is 0 Å². The van der Waals surface area contributed by atoms with Crippen molar-refractivity contribution in [1.82, 2.24) is 0 Å². The summed E-state index contributed by atoms with van der Waals surface area (Å²) in [6.07, 6.45) is 2.93. The van der Waals surface area contributed by atoms with Crippen LogP contribution in [-0.2, 0) is 23.2 Å². The SMILES string of the molecule is C=C1[C@H](O[Si](C)(C)C(C)(C)C)CC(=CCOS(=O)(=O)c2ccc(C)cc2)C[C@H]1O[Si](C)(C)C(C)(C)C. The lowest BCUT2D eigenvalue weighted by Crippen LogP contribution is -2.49. The largest absolute Gasteiger partial charge is 0.410 e. The Balaban J connectivity index is 2.28. The van der Waals surface area contributed by atoms with Crippen molar-refractivity contribution in [3.05, 3.63) is 53.6 Å². The van der Waals surface area contributed by atoms with Gasteiger partial charge in [-0.05, 0) is 73.7 Å². The maximum Gasteiger partial charge on any atom is 0.297 e. The fourth-order valence-corrected chi connectivity index (χ4v) is 6.96. The maximum atomic E-state index is 12.7. The summed E-state index contributed by atoms with van der Waals surface area (Å²) in [5.41, 5.74) is 3.09. The van der Waals surface area contributed by atoms with Crippen molar-refractivity contribution in [2.45, 2.75) is 115 Å². The van der Waals surface area contributed by atoms with E-state index in [1.165, 1.54) is 0 Å². The van der Waals surface area contributed by atoms with Crippen molar-refractivity contribution < 1.29 is 21.5 Å². The monoisotopic (exact) mass is 552 g/mol. The third kappa shape index (κ3) is 7.74. The molecule has 0 spiro atoms. The Morgan fingerprint density at radius 2 is 1.31 bits per heavy atom. The van der Waals surface area contributed by atoms with Gasteiger partial charge in [0.05, 0.1) is 23.7 Å². The lowest BCUT2D eigenvalue weighted by molar-refractivity contribution is 0.132. The minimum Gasteiger partial charge on any atom is -0.410 e. The molecule has 1 aromatic rings. The lowest BCUT2D eigenvalue weighted by atomic mass is 9.86. The Morgan fingerprint density at radius 3 is 1.69 bits per heavy atom. The quantitative estimate of drug-likeness (QED) is 0.187. The van der Waals surface area contributed by atoms with Crippen LogP contribution in [0.1, 0.15) is 59.9 Å². The van der Waals surface area contributed by atoms with Gasteiger partial charge in [-0.2, -0.15) is 8.42 Å². The molecule has 0 aliphatic heterocycles. The Bertz CT molecular complexity index is 1020. The summed E-state index contributed by atoms with van der Waals surface area (Å²) in [4.78, 5) is 0.168. The fourth-order valence-electron chi connectivity index (χ4n) is 3.51. The molecule has 2 rings (SSSR count). The smallest absolute Gasteiger partial charge is 0.297 e. The van der Waals surface area contributed by atoms with E-state index >= 15 is 0 Å². The van der Waals surface area contributed by atoms with Crippen molar-refractivity contribution >= 4 is 26.8 Å². The van der Waals surface area contributed by atoms with Crippen LogP contribution < -0.4 is 0 Å². The number of rotatable bonds is 8. The zero-order valence-electron chi connectivity index (χ0n) is 24.3. The molecule has 0 heterocycles. The molecular weight excluding hydrogens is 505 g/mol. The van der Waals surface area contributed by atoms with Crippen LogP contribution in [0, 0.1) is 6.92 Å². The van der Waals surface area contributed by atoms with Crippen LogP contribution in [0.25, 0.3) is 0 Å². The van der Waals surface area contributed by atoms with Gasteiger partial charge in [-0.25, -0.2) is 0 Å². The van der Waals surface area contributed by atoms with Crippen molar-refractivity contribution in [3.8, 4) is 0 Å². The van der Waals surface area contributed by atoms with E-state index in [-0.39, 0.29) is 33.8 Å². The molecule has 36 heavy (non-hydrogen) atoms. The molecule has 1 aliphatic carbocycles. The second-order valence-corrected chi connectivity index (χ2v) is 24.3. The fraction of sp³-hybridized carbons (Fsp3) is 0.643. The average molecular weight is 553 g/mol. The van der Waals surface area contributed by atoms with Crippen molar-refractivity contribution in [1.29, 1.82) is 0 Å². The zero-order chi connectivity index (χ0) is 27.7. The summed E-state index contributed by atoms with van der Waals surface area (Å²) in [6, 6.07) is 6.70. The third-order valence-electron chi connectivity index (χ3n) is 8.11. The van der Waals surface area contributed by atoms with Gasteiger partial charge in [0.15, 0.2) is 16.6 Å². The van der Waals surface area contributed by atoms with Gasteiger partial charge in [0.2, 0.25) is 0 Å². The first kappa shape index (κ1) is 31.2. The van der Waals surface area contributed by atoms with E-state index in [1.54, 1.807) is 24.3 Å². The van der Waals surface area contributed by atoms with Gasteiger partial charge in [-0.3, -0.25) is 4.18 Å². The van der Waals surface area contributed by atoms with E-state index < -0.39 is 26.8 Å². The molecule has 1 aromatic carbocycles. The van der Waals surface area contributed by atoms with Gasteiger partial charge >= 0.3 is 0 Å². The van der Waals surface area contributed by atoms with Crippen LogP contribution in [0.15, 0.2) is 53.0 Å². The Kier molecular flexibility index (Phi) is 9.51. The molecule has 0 N–H and O–H groups in total. The van der Waals surface area contributed by atoms with Gasteiger partial charge in [-0.1, -0.05) is 77.5 Å². The Labute approximate surface area is 222 Å². The van der Waals surface area contributed by atoms with Crippen LogP contribution >= 0.6 is 0 Å². The van der Waals surface area contributed by atoms with E-state index in [0.29, 0.717) is 12.8 Å². The molecule has 0 aromatic heterocycles. The summed E-state index contributed by atoms with van der Waals surface area (Å²) in [6.45, 7) is 28.7. The molecule has 1 aliphatic rings. The number of hydrogen-bond acceptors (Lipinski definition) is 5. The summed E-state index contributed by atoms with van der Waals surface area (Å²) < 4.78 is 44.3. The third-order valence-corrected chi connectivity index (χ3v) is 18.4. The molecule has 1 saturated carbocycles. The van der Waals surface area contributed by atoms with Crippen molar-refractivity contribution in [3.63, 3.8) is 0 Å². The maximum absolute atomic E-state index is 12.7. The van der Waals surface area contributed by atoms with E-state index in [9.17, 15) is 8.42 Å². The summed E-state index contributed by atoms with van der Waals surface area (Å²) >= 11 is 0. The molecule has 0 saturated heterocycles. The van der Waals surface area contributed by atoms with Gasteiger partial charge in [0.1, 0.15) is 0 Å². The minimum atomic E-state index is -3.82. The van der Waals surface area contributed by atoms with Gasteiger partial charge in [0.25, 0.3) is 10.1 Å². The summed E-state index contributed by atoms with van der Waals surface area (Å²) in [5.74, 6) is 0. The normalized spacial score (nSPS) is 20.5. The van der Waals surface area contributed by atoms with Crippen molar-refractivity contribution in [2.24, 2.45) is 0 Å². The van der Waals surface area contributed by atoms with Gasteiger partial charge in [-0.15, -0.1) is 0 Å². The molecule has 8 heteroatoms. The molecule has 1 fully saturated rings. The van der Waals surface area contributed by atoms with E-state index in [2.05, 4.69) is 74.3 Å². The van der Waals surface area contributed by atoms with Crippen LogP contribution in [0.2, 0.25) is 36.3 Å². The highest BCUT2D eigenvalue weighted by molar-refractivity contribution is 7.86. The number of aryl methyl sites for hydroxylation is 1. The second-order valence-electron chi connectivity index (χ2n) is 13.1. The first-order chi connectivity index (χ1) is 16.2. The molecule has 0 radical (unpaired) electrons. The topological polar surface area (TPSA) is 61.8 Å². The van der Waals surface area contributed by atoms with Crippen LogP contribution in [-0.4, -0.2) is 43.9 Å². The van der Waals surface area contributed by atoms with Gasteiger partial charge in [0, 0.05) is 0 Å². The Morgan fingerprint density at radius 1 is 0.889 bits per heavy atom. The highest BCUT2D eigenvalue weighted by atomic mass is 32.2. The molecule has 2 atom stereocenters. The molecule has 0 amide bonds. The highest BCUT2D eigenvalue weighted by Gasteiger charge is 2.45. The Hall–Kier alpha value is -1.04. The van der Waals surface area contributed by atoms with Crippen LogP contribution in [0.3, 0.4) is 0 Å². The van der Waals surface area contributed by atoms with Gasteiger partial charge < -0.3 is 8.85 Å². The molecule has 204 valence electrons. The van der Waals surface area contributed by atoms with E-state index in [0.717, 1.165) is 16.7 Å². The molecular formula is C28H48O5SSi2. The van der Waals surface area contributed by atoms with E-state index in [1.807, 2.05) is 13.0 Å². The first-order valence-electron chi connectivity index (χ1n) is 12.8. The molecule has 0 bridgehead atoms. The minimum absolute atomic E-state index is 0.0162. The predicted octanol–water partition coefficient (Wildman–Crippen LogP) is 7.76. The standard InChI is InChI=1S/C28H48O5SSi2/c1-21-13-15-24(16-14-21)34(29,30)31-18-17-23-19-25(32-35(9,10)27(3,4)5)22(2)26(20-23)33-36(11,12)28(6,7)8/h13-17,25-26H,2,18-20H2,1,3-12H3/t25-,26-/m1/s1. The predicted molar refractivity (Wildman–Crippen MR) is 155 cm³/mol. The number of benzene rings is 1. The first-order valence-corrected chi connectivity index (χ1v) is 20.1. The van der Waals surface area contributed by atoms with E-state index in [4.69, 9.17) is 13.0 Å². The average Bonchev–Trinajstić information content (AvgIpc) is 2.69. The van der Waals surface area contributed by atoms with Crippen molar-refractivity contribution in [2.75, 3.05) is 6.61 Å². The summed E-state index contributed by atoms with van der Waals surface area (Å²) in [7, 11) is -7.94. The highest BCUT2D eigenvalue weighted by Crippen LogP contribution is 2.44. The van der Waals surface area contributed by atoms with Crippen LogP contribution in [0.4, 0.5) is 0 Å². The zero-order valence-corrected chi connectivity index (χ0v) is 27.1. The lowest BCUT2D eigenvalue weighted by Gasteiger charge is -2.46. The molecule has 5 nitrogen and oxygen atoms in total. The number of hydrogen-bond donors (Lipinski definition) is 0. The second kappa shape index (κ2) is 11.0. The molecule has 0 unspecified atom stereocenters. The summed E-state index contributed by atoms with van der Waals surface area (Å²) in [5, 5.41) is 0.130.